The van der Waals surface area contributed by atoms with Crippen molar-refractivity contribution in [2.45, 2.75) is 6.61 Å². The molecule has 0 amide bonds. The van der Waals surface area contributed by atoms with E-state index in [0.29, 0.717) is 0 Å². The number of nitro benzene ring substituents is 1. The van der Waals surface area contributed by atoms with Gasteiger partial charge in [-0.2, -0.15) is 0 Å². The Morgan fingerprint density at radius 3 is 2.86 bits per heavy atom. The van der Waals surface area contributed by atoms with Crippen LogP contribution in [0.4, 0.5) is 5.69 Å². The molecule has 0 aliphatic rings. The third kappa shape index (κ3) is 3.90. The highest BCUT2D eigenvalue weighted by atomic mass is 32.1. The molecular weight excluding hydrogens is 294 g/mol. The summed E-state index contributed by atoms with van der Waals surface area (Å²) in [5.41, 5.74) is 0.623. The summed E-state index contributed by atoms with van der Waals surface area (Å²) in [4.78, 5) is 21.7. The predicted octanol–water partition coefficient (Wildman–Crippen LogP) is 3.33. The molecule has 1 aromatic heterocycles. The quantitative estimate of drug-likeness (QED) is 0.502. The lowest BCUT2D eigenvalue weighted by Gasteiger charge is -2.06. The molecule has 7 heteroatoms. The van der Waals surface area contributed by atoms with Crippen molar-refractivity contribution < 1.29 is 19.6 Å². The minimum atomic E-state index is -1.04. The topological polar surface area (TPSA) is 89.7 Å². The van der Waals surface area contributed by atoms with Crippen LogP contribution in [-0.4, -0.2) is 16.0 Å². The molecule has 0 aliphatic carbocycles. The Morgan fingerprint density at radius 1 is 1.38 bits per heavy atom. The molecular formula is C14H11NO5S. The number of nitro groups is 1. The van der Waals surface area contributed by atoms with Crippen molar-refractivity contribution in [1.29, 1.82) is 0 Å². The molecule has 0 atom stereocenters. The van der Waals surface area contributed by atoms with Crippen molar-refractivity contribution in [3.8, 4) is 5.75 Å². The molecule has 6 nitrogen and oxygen atoms in total. The maximum atomic E-state index is 10.9. The molecule has 0 unspecified atom stereocenters. The van der Waals surface area contributed by atoms with Crippen LogP contribution in [0, 0.1) is 10.1 Å². The number of ether oxygens (including phenoxy) is 1. The number of carboxylic acid groups (broad SMARTS) is 1. The van der Waals surface area contributed by atoms with Crippen molar-refractivity contribution >= 4 is 29.1 Å². The van der Waals surface area contributed by atoms with Crippen molar-refractivity contribution in [2.75, 3.05) is 0 Å². The van der Waals surface area contributed by atoms with Crippen molar-refractivity contribution in [2.24, 2.45) is 0 Å². The van der Waals surface area contributed by atoms with E-state index in [-0.39, 0.29) is 18.0 Å². The second-order valence-corrected chi connectivity index (χ2v) is 4.98. The third-order valence-corrected chi connectivity index (χ3v) is 3.52. The first kappa shape index (κ1) is 14.7. The van der Waals surface area contributed by atoms with E-state index in [0.717, 1.165) is 16.5 Å². The first-order valence-corrected chi connectivity index (χ1v) is 6.79. The van der Waals surface area contributed by atoms with Gasteiger partial charge >= 0.3 is 11.7 Å². The van der Waals surface area contributed by atoms with E-state index in [4.69, 9.17) is 9.84 Å². The minimum Gasteiger partial charge on any atom is -0.481 e. The van der Waals surface area contributed by atoms with Crippen molar-refractivity contribution in [3.05, 3.63) is 62.3 Å². The van der Waals surface area contributed by atoms with Crippen LogP contribution in [-0.2, 0) is 11.4 Å². The summed E-state index contributed by atoms with van der Waals surface area (Å²) in [6.07, 6.45) is 2.51. The summed E-state index contributed by atoms with van der Waals surface area (Å²) in [7, 11) is 0. The van der Waals surface area contributed by atoms with E-state index < -0.39 is 10.9 Å². The molecule has 0 radical (unpaired) electrons. The Labute approximate surface area is 124 Å². The van der Waals surface area contributed by atoms with Gasteiger partial charge in [0.15, 0.2) is 5.75 Å². The SMILES string of the molecule is O=C(O)C=Cc1ccsc1COc1ccccc1[N+](=O)[O-]. The Bertz CT molecular complexity index is 692. The largest absolute Gasteiger partial charge is 0.481 e. The van der Waals surface area contributed by atoms with Gasteiger partial charge in [0.2, 0.25) is 0 Å². The van der Waals surface area contributed by atoms with Gasteiger partial charge in [-0.05, 0) is 29.2 Å². The van der Waals surface area contributed by atoms with Gasteiger partial charge in [-0.15, -0.1) is 11.3 Å². The molecule has 0 spiro atoms. The summed E-state index contributed by atoms with van der Waals surface area (Å²) in [5.74, 6) is -0.851. The molecule has 0 aliphatic heterocycles. The summed E-state index contributed by atoms with van der Waals surface area (Å²) >= 11 is 1.40. The highest BCUT2D eigenvalue weighted by molar-refractivity contribution is 7.10. The second kappa shape index (κ2) is 6.67. The number of nitrogens with zero attached hydrogens (tertiary/aromatic N) is 1. The van der Waals surface area contributed by atoms with Gasteiger partial charge in [0, 0.05) is 17.0 Å². The van der Waals surface area contributed by atoms with E-state index >= 15 is 0 Å². The number of thiophene rings is 1. The van der Waals surface area contributed by atoms with Crippen LogP contribution in [0.2, 0.25) is 0 Å². The summed E-state index contributed by atoms with van der Waals surface area (Å²) in [6.45, 7) is 0.141. The normalized spacial score (nSPS) is 10.7. The van der Waals surface area contributed by atoms with Crippen LogP contribution >= 0.6 is 11.3 Å². The molecule has 1 heterocycles. The molecule has 108 valence electrons. The molecule has 1 N–H and O–H groups in total. The average molecular weight is 305 g/mol. The van der Waals surface area contributed by atoms with Gasteiger partial charge in [0.1, 0.15) is 6.61 Å². The fourth-order valence-electron chi connectivity index (χ4n) is 1.65. The molecule has 21 heavy (non-hydrogen) atoms. The van der Waals surface area contributed by atoms with E-state index in [9.17, 15) is 14.9 Å². The number of rotatable bonds is 6. The van der Waals surface area contributed by atoms with E-state index in [2.05, 4.69) is 0 Å². The monoisotopic (exact) mass is 305 g/mol. The number of carboxylic acids is 1. The first-order chi connectivity index (χ1) is 10.1. The molecule has 0 saturated heterocycles. The fourth-order valence-corrected chi connectivity index (χ4v) is 2.43. The number of para-hydroxylation sites is 2. The van der Waals surface area contributed by atoms with Crippen LogP contribution in [0.1, 0.15) is 10.4 Å². The third-order valence-electron chi connectivity index (χ3n) is 2.61. The van der Waals surface area contributed by atoms with Crippen molar-refractivity contribution in [3.63, 3.8) is 0 Å². The van der Waals surface area contributed by atoms with Crippen LogP contribution in [0.15, 0.2) is 41.8 Å². The molecule has 2 rings (SSSR count). The summed E-state index contributed by atoms with van der Waals surface area (Å²) in [5, 5.41) is 21.3. The minimum absolute atomic E-state index is 0.100. The second-order valence-electron chi connectivity index (χ2n) is 3.98. The zero-order valence-corrected chi connectivity index (χ0v) is 11.6. The molecule has 0 saturated carbocycles. The number of carbonyl (C=O) groups is 1. The number of hydrogen-bond donors (Lipinski definition) is 1. The van der Waals surface area contributed by atoms with Gasteiger partial charge in [0.25, 0.3) is 0 Å². The summed E-state index contributed by atoms with van der Waals surface area (Å²) in [6, 6.07) is 7.88. The first-order valence-electron chi connectivity index (χ1n) is 5.91. The van der Waals surface area contributed by atoms with Crippen LogP contribution < -0.4 is 4.74 Å². The average Bonchev–Trinajstić information content (AvgIpc) is 2.90. The zero-order chi connectivity index (χ0) is 15.2. The van der Waals surface area contributed by atoms with Crippen LogP contribution in [0.3, 0.4) is 0 Å². The zero-order valence-electron chi connectivity index (χ0n) is 10.8. The van der Waals surface area contributed by atoms with Crippen molar-refractivity contribution in [1.82, 2.24) is 0 Å². The van der Waals surface area contributed by atoms with Crippen LogP contribution in [0.5, 0.6) is 5.75 Å². The number of benzene rings is 1. The van der Waals surface area contributed by atoms with Gasteiger partial charge in [-0.3, -0.25) is 10.1 Å². The van der Waals surface area contributed by atoms with E-state index in [1.165, 1.54) is 29.5 Å². The number of hydrogen-bond acceptors (Lipinski definition) is 5. The highest BCUT2D eigenvalue weighted by Gasteiger charge is 2.14. The van der Waals surface area contributed by atoms with E-state index in [1.54, 1.807) is 23.6 Å². The predicted molar refractivity (Wildman–Crippen MR) is 78.4 cm³/mol. The summed E-state index contributed by atoms with van der Waals surface area (Å²) < 4.78 is 5.48. The Balaban J connectivity index is 2.13. The van der Waals surface area contributed by atoms with E-state index in [1.807, 2.05) is 0 Å². The highest BCUT2D eigenvalue weighted by Crippen LogP contribution is 2.28. The maximum Gasteiger partial charge on any atom is 0.328 e. The molecule has 0 bridgehead atoms. The Morgan fingerprint density at radius 2 is 2.14 bits per heavy atom. The molecule has 0 fully saturated rings. The lowest BCUT2D eigenvalue weighted by atomic mass is 10.2. The lowest BCUT2D eigenvalue weighted by molar-refractivity contribution is -0.385. The van der Waals surface area contributed by atoms with Gasteiger partial charge in [-0.1, -0.05) is 12.1 Å². The Kier molecular flexibility index (Phi) is 4.68. The standard InChI is InChI=1S/C14H11NO5S/c16-14(17)6-5-10-7-8-21-13(10)9-20-12-4-2-1-3-11(12)15(18)19/h1-8H,9H2,(H,16,17). The fraction of sp³-hybridized carbons (Fsp3) is 0.0714. The Hall–Kier alpha value is -2.67. The molecule has 2 aromatic rings. The smallest absolute Gasteiger partial charge is 0.328 e. The van der Waals surface area contributed by atoms with Gasteiger partial charge in [-0.25, -0.2) is 4.79 Å². The van der Waals surface area contributed by atoms with Gasteiger partial charge < -0.3 is 9.84 Å². The van der Waals surface area contributed by atoms with Crippen LogP contribution in [0.25, 0.3) is 6.08 Å². The maximum absolute atomic E-state index is 10.9. The molecule has 1 aromatic carbocycles. The lowest BCUT2D eigenvalue weighted by Crippen LogP contribution is -1.98. The number of aliphatic carboxylic acids is 1. The van der Waals surface area contributed by atoms with Gasteiger partial charge in [0.05, 0.1) is 4.92 Å².